The molecule has 2 fully saturated rings. The molecule has 2 nitrogen and oxygen atoms in total. The third kappa shape index (κ3) is 2.57. The molecule has 0 amide bonds. The van der Waals surface area contributed by atoms with Gasteiger partial charge in [-0.3, -0.25) is 0 Å². The summed E-state index contributed by atoms with van der Waals surface area (Å²) in [6, 6.07) is 7.71. The van der Waals surface area contributed by atoms with Crippen molar-refractivity contribution in [2.75, 3.05) is 0 Å². The Morgan fingerprint density at radius 2 is 2.11 bits per heavy atom. The Morgan fingerprint density at radius 1 is 1.33 bits per heavy atom. The number of rotatable bonds is 4. The van der Waals surface area contributed by atoms with Gasteiger partial charge in [-0.15, -0.1) is 0 Å². The van der Waals surface area contributed by atoms with Crippen molar-refractivity contribution in [3.63, 3.8) is 0 Å². The Hall–Kier alpha value is -0.930. The maximum Gasteiger partial charge on any atom is 0.123 e. The molecule has 98 valence electrons. The number of hydrogen-bond donors (Lipinski definition) is 1. The van der Waals surface area contributed by atoms with E-state index in [4.69, 9.17) is 4.74 Å². The largest absolute Gasteiger partial charge is 0.373 e. The van der Waals surface area contributed by atoms with Crippen molar-refractivity contribution in [3.05, 3.63) is 35.6 Å². The van der Waals surface area contributed by atoms with Crippen molar-refractivity contribution in [2.45, 2.75) is 56.9 Å². The summed E-state index contributed by atoms with van der Waals surface area (Å²) in [5.74, 6) is -0.166. The molecule has 2 heterocycles. The summed E-state index contributed by atoms with van der Waals surface area (Å²) in [5, 5.41) is 3.65. The third-order valence-corrected chi connectivity index (χ3v) is 4.06. The zero-order valence-corrected chi connectivity index (χ0v) is 10.7. The molecule has 1 aromatic rings. The van der Waals surface area contributed by atoms with E-state index in [0.29, 0.717) is 24.3 Å². The molecule has 2 aliphatic heterocycles. The van der Waals surface area contributed by atoms with Crippen LogP contribution in [0.4, 0.5) is 4.39 Å². The Labute approximate surface area is 108 Å². The molecule has 1 N–H and O–H groups in total. The maximum absolute atomic E-state index is 12.8. The summed E-state index contributed by atoms with van der Waals surface area (Å²) in [6.45, 7) is 2.19. The highest BCUT2D eigenvalue weighted by Gasteiger charge is 2.40. The lowest BCUT2D eigenvalue weighted by molar-refractivity contribution is 0.0962. The fraction of sp³-hybridized carbons (Fsp3) is 0.600. The van der Waals surface area contributed by atoms with Gasteiger partial charge in [-0.2, -0.15) is 0 Å². The van der Waals surface area contributed by atoms with Gasteiger partial charge in [0.15, 0.2) is 0 Å². The van der Waals surface area contributed by atoms with Crippen molar-refractivity contribution in [1.29, 1.82) is 0 Å². The van der Waals surface area contributed by atoms with Gasteiger partial charge in [0.2, 0.25) is 0 Å². The van der Waals surface area contributed by atoms with E-state index in [1.54, 1.807) is 0 Å². The summed E-state index contributed by atoms with van der Waals surface area (Å²) in [7, 11) is 0. The monoisotopic (exact) mass is 249 g/mol. The van der Waals surface area contributed by atoms with Gasteiger partial charge in [0.25, 0.3) is 0 Å². The quantitative estimate of drug-likeness (QED) is 0.885. The smallest absolute Gasteiger partial charge is 0.123 e. The van der Waals surface area contributed by atoms with Crippen LogP contribution in [0.1, 0.15) is 31.7 Å². The molecule has 2 saturated heterocycles. The molecule has 2 bridgehead atoms. The fourth-order valence-electron chi connectivity index (χ4n) is 3.21. The Morgan fingerprint density at radius 3 is 2.72 bits per heavy atom. The van der Waals surface area contributed by atoms with Crippen molar-refractivity contribution in [3.8, 4) is 0 Å². The highest BCUT2D eigenvalue weighted by Crippen LogP contribution is 2.34. The minimum Gasteiger partial charge on any atom is -0.373 e. The maximum atomic E-state index is 12.8. The molecule has 0 aliphatic carbocycles. The lowest BCUT2D eigenvalue weighted by Gasteiger charge is -2.24. The first-order valence-electron chi connectivity index (χ1n) is 6.86. The van der Waals surface area contributed by atoms with Gasteiger partial charge in [0.1, 0.15) is 5.82 Å². The van der Waals surface area contributed by atoms with Crippen LogP contribution >= 0.6 is 0 Å². The van der Waals surface area contributed by atoms with E-state index in [0.717, 1.165) is 12.8 Å². The molecule has 3 heteroatoms. The number of halogens is 1. The Bertz CT molecular complexity index is 405. The van der Waals surface area contributed by atoms with Crippen LogP contribution < -0.4 is 5.32 Å². The summed E-state index contributed by atoms with van der Waals surface area (Å²) in [5.41, 5.74) is 1.18. The number of fused-ring (bicyclic) bond motifs is 2. The average Bonchev–Trinajstić information content (AvgIpc) is 2.94. The van der Waals surface area contributed by atoms with E-state index in [9.17, 15) is 4.39 Å². The van der Waals surface area contributed by atoms with E-state index >= 15 is 0 Å². The molecule has 0 radical (unpaired) electrons. The van der Waals surface area contributed by atoms with Crippen molar-refractivity contribution >= 4 is 0 Å². The number of ether oxygens (including phenoxy) is 1. The molecule has 4 atom stereocenters. The summed E-state index contributed by atoms with van der Waals surface area (Å²) < 4.78 is 18.7. The van der Waals surface area contributed by atoms with E-state index in [2.05, 4.69) is 12.2 Å². The van der Waals surface area contributed by atoms with Crippen LogP contribution in [0.3, 0.4) is 0 Å². The SMILES string of the molecule is CC(Cc1ccc(F)cc1)NC1CC2CCC1O2. The van der Waals surface area contributed by atoms with E-state index in [1.165, 1.54) is 30.5 Å². The predicted octanol–water partition coefficient (Wildman–Crippen LogP) is 2.67. The molecule has 3 rings (SSSR count). The molecular weight excluding hydrogens is 229 g/mol. The second kappa shape index (κ2) is 4.98. The highest BCUT2D eigenvalue weighted by atomic mass is 19.1. The van der Waals surface area contributed by atoms with Gasteiger partial charge in [-0.1, -0.05) is 12.1 Å². The normalized spacial score (nSPS) is 31.8. The minimum absolute atomic E-state index is 0.166. The number of nitrogens with one attached hydrogen (secondary N) is 1. The first-order chi connectivity index (χ1) is 8.70. The van der Waals surface area contributed by atoms with Crippen LogP contribution in [-0.4, -0.2) is 24.3 Å². The molecular formula is C15H20FNO. The molecule has 2 aliphatic rings. The lowest BCUT2D eigenvalue weighted by Crippen LogP contribution is -2.43. The number of benzene rings is 1. The van der Waals surface area contributed by atoms with Crippen LogP contribution in [0.25, 0.3) is 0 Å². The first-order valence-corrected chi connectivity index (χ1v) is 6.86. The predicted molar refractivity (Wildman–Crippen MR) is 69.0 cm³/mol. The van der Waals surface area contributed by atoms with Gasteiger partial charge < -0.3 is 10.1 Å². The number of hydrogen-bond acceptors (Lipinski definition) is 2. The van der Waals surface area contributed by atoms with Crippen LogP contribution in [0.5, 0.6) is 0 Å². The summed E-state index contributed by atoms with van der Waals surface area (Å²) in [6.07, 6.45) is 5.43. The van der Waals surface area contributed by atoms with Gasteiger partial charge in [0, 0.05) is 12.1 Å². The summed E-state index contributed by atoms with van der Waals surface area (Å²) in [4.78, 5) is 0. The van der Waals surface area contributed by atoms with Crippen LogP contribution in [-0.2, 0) is 11.2 Å². The van der Waals surface area contributed by atoms with E-state index < -0.39 is 0 Å². The van der Waals surface area contributed by atoms with Crippen molar-refractivity contribution in [2.24, 2.45) is 0 Å². The average molecular weight is 249 g/mol. The zero-order valence-electron chi connectivity index (χ0n) is 10.7. The zero-order chi connectivity index (χ0) is 12.5. The molecule has 0 saturated carbocycles. The Balaban J connectivity index is 1.52. The first kappa shape index (κ1) is 12.1. The lowest BCUT2D eigenvalue weighted by atomic mass is 9.94. The second-order valence-corrected chi connectivity index (χ2v) is 5.61. The molecule has 0 spiro atoms. The summed E-state index contributed by atoms with van der Waals surface area (Å²) >= 11 is 0. The molecule has 18 heavy (non-hydrogen) atoms. The molecule has 0 aromatic heterocycles. The van der Waals surface area contributed by atoms with Crippen LogP contribution in [0.15, 0.2) is 24.3 Å². The second-order valence-electron chi connectivity index (χ2n) is 5.61. The standard InChI is InChI=1S/C15H20FNO/c1-10(8-11-2-4-12(16)5-3-11)17-14-9-13-6-7-15(14)18-13/h2-5,10,13-15,17H,6-9H2,1H3. The highest BCUT2D eigenvalue weighted by molar-refractivity contribution is 5.17. The Kier molecular flexibility index (Phi) is 3.35. The van der Waals surface area contributed by atoms with Gasteiger partial charge in [0.05, 0.1) is 12.2 Å². The van der Waals surface area contributed by atoms with Crippen LogP contribution in [0.2, 0.25) is 0 Å². The molecule has 4 unspecified atom stereocenters. The van der Waals surface area contributed by atoms with Crippen molar-refractivity contribution < 1.29 is 9.13 Å². The van der Waals surface area contributed by atoms with Gasteiger partial charge >= 0.3 is 0 Å². The van der Waals surface area contributed by atoms with Gasteiger partial charge in [-0.05, 0) is 50.3 Å². The van der Waals surface area contributed by atoms with E-state index in [1.807, 2.05) is 12.1 Å². The fourth-order valence-corrected chi connectivity index (χ4v) is 3.21. The molecule has 1 aromatic carbocycles. The topological polar surface area (TPSA) is 21.3 Å². The van der Waals surface area contributed by atoms with Gasteiger partial charge in [-0.25, -0.2) is 4.39 Å². The van der Waals surface area contributed by atoms with Crippen molar-refractivity contribution in [1.82, 2.24) is 5.32 Å². The minimum atomic E-state index is -0.166. The van der Waals surface area contributed by atoms with Crippen LogP contribution in [0, 0.1) is 5.82 Å². The van der Waals surface area contributed by atoms with E-state index in [-0.39, 0.29) is 5.82 Å². The third-order valence-electron chi connectivity index (χ3n) is 4.06.